The van der Waals surface area contributed by atoms with Gasteiger partial charge in [-0.2, -0.15) is 0 Å². The fourth-order valence-corrected chi connectivity index (χ4v) is 4.21. The molecule has 0 unspecified atom stereocenters. The van der Waals surface area contributed by atoms with Gasteiger partial charge in [0.2, 0.25) is 10.0 Å². The number of unbranched alkanes of at least 4 members (excludes halogenated alkanes) is 1. The minimum absolute atomic E-state index is 0.307. The molecule has 0 aromatic rings. The Kier molecular flexibility index (Phi) is 5.62. The Bertz CT molecular complexity index is 360. The van der Waals surface area contributed by atoms with E-state index in [2.05, 4.69) is 5.32 Å². The Morgan fingerprint density at radius 3 is 2.47 bits per heavy atom. The van der Waals surface area contributed by atoms with Gasteiger partial charge in [0.1, 0.15) is 0 Å². The quantitative estimate of drug-likeness (QED) is 0.754. The smallest absolute Gasteiger partial charge is 0.214 e. The third kappa shape index (κ3) is 4.41. The molecule has 0 spiro atoms. The number of nitrogens with zero attached hydrogens (tertiary/aromatic N) is 1. The standard InChI is InChI=1S/C13H26N2O3S/c1-2-3-8-19(16,17)15-6-4-13(5-7-15)14-9-12-10-18-11-12/h12-14H,2-11H2,1H3. The van der Waals surface area contributed by atoms with E-state index in [9.17, 15) is 8.42 Å². The van der Waals surface area contributed by atoms with Crippen LogP contribution in [-0.4, -0.2) is 57.4 Å². The molecule has 2 heterocycles. The van der Waals surface area contributed by atoms with E-state index in [1.807, 2.05) is 6.92 Å². The zero-order valence-electron chi connectivity index (χ0n) is 11.8. The molecule has 6 heteroatoms. The maximum Gasteiger partial charge on any atom is 0.214 e. The zero-order valence-corrected chi connectivity index (χ0v) is 12.6. The van der Waals surface area contributed by atoms with E-state index in [1.54, 1.807) is 4.31 Å². The average Bonchev–Trinajstić information content (AvgIpc) is 2.35. The Morgan fingerprint density at radius 2 is 1.95 bits per heavy atom. The van der Waals surface area contributed by atoms with Crippen molar-refractivity contribution < 1.29 is 13.2 Å². The third-order valence-electron chi connectivity index (χ3n) is 4.01. The number of ether oxygens (including phenoxy) is 1. The molecule has 0 bridgehead atoms. The molecule has 2 fully saturated rings. The van der Waals surface area contributed by atoms with Crippen molar-refractivity contribution in [1.82, 2.24) is 9.62 Å². The number of piperidine rings is 1. The Hall–Kier alpha value is -0.170. The van der Waals surface area contributed by atoms with Crippen LogP contribution in [0.4, 0.5) is 0 Å². The molecule has 19 heavy (non-hydrogen) atoms. The topological polar surface area (TPSA) is 58.6 Å². The molecule has 0 amide bonds. The van der Waals surface area contributed by atoms with E-state index >= 15 is 0 Å². The van der Waals surface area contributed by atoms with Gasteiger partial charge in [0.25, 0.3) is 0 Å². The number of sulfonamides is 1. The van der Waals surface area contributed by atoms with Crippen LogP contribution in [-0.2, 0) is 14.8 Å². The molecular weight excluding hydrogens is 264 g/mol. The van der Waals surface area contributed by atoms with Crippen molar-refractivity contribution in [2.24, 2.45) is 5.92 Å². The van der Waals surface area contributed by atoms with Gasteiger partial charge in [0.05, 0.1) is 19.0 Å². The number of hydrogen-bond donors (Lipinski definition) is 1. The van der Waals surface area contributed by atoms with Gasteiger partial charge in [0.15, 0.2) is 0 Å². The summed E-state index contributed by atoms with van der Waals surface area (Å²) in [6.07, 6.45) is 3.56. The molecule has 0 saturated carbocycles. The van der Waals surface area contributed by atoms with Crippen LogP contribution >= 0.6 is 0 Å². The number of rotatable bonds is 7. The second kappa shape index (κ2) is 7.02. The van der Waals surface area contributed by atoms with E-state index in [4.69, 9.17) is 4.74 Å². The lowest BCUT2D eigenvalue weighted by atomic mass is 10.0. The molecular formula is C13H26N2O3S. The van der Waals surface area contributed by atoms with Gasteiger partial charge in [-0.05, 0) is 19.3 Å². The van der Waals surface area contributed by atoms with Gasteiger partial charge in [-0.15, -0.1) is 0 Å². The summed E-state index contributed by atoms with van der Waals surface area (Å²) in [5, 5.41) is 3.54. The van der Waals surface area contributed by atoms with Gasteiger partial charge < -0.3 is 10.1 Å². The predicted octanol–water partition coefficient (Wildman–Crippen LogP) is 0.817. The first-order chi connectivity index (χ1) is 9.12. The summed E-state index contributed by atoms with van der Waals surface area (Å²) in [5.74, 6) is 0.965. The number of nitrogens with one attached hydrogen (secondary N) is 1. The van der Waals surface area contributed by atoms with Gasteiger partial charge >= 0.3 is 0 Å². The van der Waals surface area contributed by atoms with Crippen molar-refractivity contribution in [3.8, 4) is 0 Å². The van der Waals surface area contributed by atoms with Crippen LogP contribution in [0.1, 0.15) is 32.6 Å². The minimum Gasteiger partial charge on any atom is -0.381 e. The highest BCUT2D eigenvalue weighted by Gasteiger charge is 2.28. The first-order valence-corrected chi connectivity index (χ1v) is 9.01. The van der Waals surface area contributed by atoms with Crippen molar-refractivity contribution in [2.45, 2.75) is 38.6 Å². The van der Waals surface area contributed by atoms with E-state index in [-0.39, 0.29) is 0 Å². The number of hydrogen-bond acceptors (Lipinski definition) is 4. The molecule has 2 rings (SSSR count). The van der Waals surface area contributed by atoms with E-state index < -0.39 is 10.0 Å². The summed E-state index contributed by atoms with van der Waals surface area (Å²) in [6.45, 7) is 6.12. The van der Waals surface area contributed by atoms with Crippen LogP contribution in [0.5, 0.6) is 0 Å². The maximum atomic E-state index is 12.1. The Morgan fingerprint density at radius 1 is 1.26 bits per heavy atom. The van der Waals surface area contributed by atoms with Crippen LogP contribution in [0, 0.1) is 5.92 Å². The summed E-state index contributed by atoms with van der Waals surface area (Å²) in [5.41, 5.74) is 0. The minimum atomic E-state index is -3.01. The lowest BCUT2D eigenvalue weighted by Crippen LogP contribution is -2.48. The molecule has 0 aromatic carbocycles. The molecule has 0 aromatic heterocycles. The third-order valence-corrected chi connectivity index (χ3v) is 5.96. The highest BCUT2D eigenvalue weighted by molar-refractivity contribution is 7.89. The van der Waals surface area contributed by atoms with Crippen LogP contribution in [0.25, 0.3) is 0 Å². The second-order valence-corrected chi connectivity index (χ2v) is 7.74. The molecule has 0 atom stereocenters. The first-order valence-electron chi connectivity index (χ1n) is 7.40. The van der Waals surface area contributed by atoms with E-state index in [0.29, 0.717) is 30.8 Å². The first kappa shape index (κ1) is 15.2. The lowest BCUT2D eigenvalue weighted by molar-refractivity contribution is -0.0321. The molecule has 112 valence electrons. The Labute approximate surface area is 116 Å². The zero-order chi connectivity index (χ0) is 13.7. The SMILES string of the molecule is CCCCS(=O)(=O)N1CCC(NCC2COC2)CC1. The van der Waals surface area contributed by atoms with Crippen molar-refractivity contribution in [3.63, 3.8) is 0 Å². The average molecular weight is 290 g/mol. The van der Waals surface area contributed by atoms with Gasteiger partial charge in [-0.3, -0.25) is 0 Å². The van der Waals surface area contributed by atoms with E-state index in [1.165, 1.54) is 0 Å². The van der Waals surface area contributed by atoms with Gasteiger partial charge in [0, 0.05) is 31.6 Å². The molecule has 1 N–H and O–H groups in total. The summed E-state index contributed by atoms with van der Waals surface area (Å²) in [6, 6.07) is 0.471. The van der Waals surface area contributed by atoms with Crippen molar-refractivity contribution in [2.75, 3.05) is 38.6 Å². The lowest BCUT2D eigenvalue weighted by Gasteiger charge is -2.34. The normalized spacial score (nSPS) is 23.4. The maximum absolute atomic E-state index is 12.1. The predicted molar refractivity (Wildman–Crippen MR) is 75.6 cm³/mol. The van der Waals surface area contributed by atoms with Crippen molar-refractivity contribution >= 4 is 10.0 Å². The second-order valence-electron chi connectivity index (χ2n) is 5.65. The van der Waals surface area contributed by atoms with Crippen molar-refractivity contribution in [3.05, 3.63) is 0 Å². The Balaban J connectivity index is 1.69. The monoisotopic (exact) mass is 290 g/mol. The summed E-state index contributed by atoms with van der Waals surface area (Å²) >= 11 is 0. The summed E-state index contributed by atoms with van der Waals surface area (Å²) in [4.78, 5) is 0. The van der Waals surface area contributed by atoms with Gasteiger partial charge in [-0.25, -0.2) is 12.7 Å². The summed E-state index contributed by atoms with van der Waals surface area (Å²) < 4.78 is 30.9. The summed E-state index contributed by atoms with van der Waals surface area (Å²) in [7, 11) is -3.01. The molecule has 0 aliphatic carbocycles. The van der Waals surface area contributed by atoms with Crippen LogP contribution < -0.4 is 5.32 Å². The van der Waals surface area contributed by atoms with Gasteiger partial charge in [-0.1, -0.05) is 13.3 Å². The molecule has 0 radical (unpaired) electrons. The highest BCUT2D eigenvalue weighted by Crippen LogP contribution is 2.16. The highest BCUT2D eigenvalue weighted by atomic mass is 32.2. The van der Waals surface area contributed by atoms with Crippen LogP contribution in [0.3, 0.4) is 0 Å². The molecule has 2 aliphatic rings. The van der Waals surface area contributed by atoms with Crippen molar-refractivity contribution in [1.29, 1.82) is 0 Å². The largest absolute Gasteiger partial charge is 0.381 e. The fraction of sp³-hybridized carbons (Fsp3) is 1.00. The van der Waals surface area contributed by atoms with Crippen LogP contribution in [0.2, 0.25) is 0 Å². The van der Waals surface area contributed by atoms with E-state index in [0.717, 1.165) is 45.4 Å². The van der Waals surface area contributed by atoms with Crippen LogP contribution in [0.15, 0.2) is 0 Å². The molecule has 5 nitrogen and oxygen atoms in total. The molecule has 2 aliphatic heterocycles. The fourth-order valence-electron chi connectivity index (χ4n) is 2.53. The molecule has 2 saturated heterocycles.